The Morgan fingerprint density at radius 3 is 2.44 bits per heavy atom. The molecular formula is C13H28IN3O. The molecule has 1 aliphatic heterocycles. The molecule has 0 saturated carbocycles. The van der Waals surface area contributed by atoms with Gasteiger partial charge in [-0.15, -0.1) is 24.0 Å². The number of rotatable bonds is 5. The lowest BCUT2D eigenvalue weighted by Gasteiger charge is -2.34. The highest BCUT2D eigenvalue weighted by Gasteiger charge is 2.21. The summed E-state index contributed by atoms with van der Waals surface area (Å²) in [4.78, 5) is 6.97. The van der Waals surface area contributed by atoms with Crippen LogP contribution in [0.1, 0.15) is 40.0 Å². The molecule has 0 unspecified atom stereocenters. The van der Waals surface area contributed by atoms with Crippen molar-refractivity contribution in [1.82, 2.24) is 10.2 Å². The topological polar surface area (TPSA) is 36.9 Å². The number of hydrogen-bond acceptors (Lipinski definition) is 2. The van der Waals surface area contributed by atoms with Crippen molar-refractivity contribution in [3.63, 3.8) is 0 Å². The average molecular weight is 369 g/mol. The zero-order valence-electron chi connectivity index (χ0n) is 11.9. The molecule has 0 radical (unpaired) electrons. The highest BCUT2D eigenvalue weighted by molar-refractivity contribution is 14.0. The van der Waals surface area contributed by atoms with E-state index in [2.05, 4.69) is 36.0 Å². The van der Waals surface area contributed by atoms with Gasteiger partial charge < -0.3 is 15.0 Å². The van der Waals surface area contributed by atoms with Gasteiger partial charge in [0.05, 0.1) is 6.10 Å². The largest absolute Gasteiger partial charge is 0.378 e. The van der Waals surface area contributed by atoms with Gasteiger partial charge in [0.15, 0.2) is 5.96 Å². The van der Waals surface area contributed by atoms with Crippen molar-refractivity contribution in [2.24, 2.45) is 4.99 Å². The van der Waals surface area contributed by atoms with Crippen molar-refractivity contribution < 1.29 is 4.74 Å². The number of guanidine groups is 1. The van der Waals surface area contributed by atoms with Gasteiger partial charge in [0, 0.05) is 32.8 Å². The van der Waals surface area contributed by atoms with Crippen LogP contribution in [0.4, 0.5) is 0 Å². The number of nitrogens with zero attached hydrogens (tertiary/aromatic N) is 2. The minimum Gasteiger partial charge on any atom is -0.378 e. The first-order valence-corrected chi connectivity index (χ1v) is 6.96. The van der Waals surface area contributed by atoms with Gasteiger partial charge in [0.2, 0.25) is 0 Å². The normalized spacial score (nSPS) is 17.5. The molecule has 0 aromatic heterocycles. The molecule has 1 fully saturated rings. The lowest BCUT2D eigenvalue weighted by molar-refractivity contribution is 0.0264. The molecule has 1 aliphatic rings. The second-order valence-electron chi connectivity index (χ2n) is 4.38. The van der Waals surface area contributed by atoms with E-state index in [1.165, 1.54) is 0 Å². The van der Waals surface area contributed by atoms with Gasteiger partial charge >= 0.3 is 0 Å². The Morgan fingerprint density at radius 1 is 1.28 bits per heavy atom. The maximum atomic E-state index is 5.67. The van der Waals surface area contributed by atoms with E-state index in [4.69, 9.17) is 4.74 Å². The summed E-state index contributed by atoms with van der Waals surface area (Å²) in [6.45, 7) is 11.1. The summed E-state index contributed by atoms with van der Waals surface area (Å²) in [5.74, 6) is 1.07. The Morgan fingerprint density at radius 2 is 1.94 bits per heavy atom. The van der Waals surface area contributed by atoms with Crippen molar-refractivity contribution in [3.8, 4) is 0 Å². The minimum absolute atomic E-state index is 0. The molecule has 0 aromatic rings. The van der Waals surface area contributed by atoms with E-state index in [0.717, 1.165) is 58.0 Å². The first kappa shape index (κ1) is 18.0. The number of hydrogen-bond donors (Lipinski definition) is 1. The summed E-state index contributed by atoms with van der Waals surface area (Å²) >= 11 is 0. The number of ether oxygens (including phenoxy) is 1. The number of likely N-dealkylation sites (tertiary alicyclic amines) is 1. The monoisotopic (exact) mass is 369 g/mol. The van der Waals surface area contributed by atoms with Gasteiger partial charge in [-0.2, -0.15) is 0 Å². The number of nitrogens with one attached hydrogen (secondary N) is 1. The van der Waals surface area contributed by atoms with E-state index in [0.29, 0.717) is 6.10 Å². The fourth-order valence-corrected chi connectivity index (χ4v) is 2.11. The lowest BCUT2D eigenvalue weighted by Crippen LogP contribution is -2.47. The van der Waals surface area contributed by atoms with E-state index in [9.17, 15) is 0 Å². The van der Waals surface area contributed by atoms with Gasteiger partial charge in [-0.3, -0.25) is 4.99 Å². The Balaban J connectivity index is 0.00000289. The second-order valence-corrected chi connectivity index (χ2v) is 4.38. The van der Waals surface area contributed by atoms with Crippen molar-refractivity contribution in [1.29, 1.82) is 0 Å². The van der Waals surface area contributed by atoms with Gasteiger partial charge in [-0.1, -0.05) is 6.92 Å². The van der Waals surface area contributed by atoms with Crippen molar-refractivity contribution in [2.45, 2.75) is 46.1 Å². The van der Waals surface area contributed by atoms with Gasteiger partial charge in [0.25, 0.3) is 0 Å². The minimum atomic E-state index is 0. The van der Waals surface area contributed by atoms with Crippen LogP contribution in [0.15, 0.2) is 4.99 Å². The predicted octanol–water partition coefficient (Wildman–Crippen LogP) is 2.48. The third kappa shape index (κ3) is 6.22. The molecule has 4 nitrogen and oxygen atoms in total. The predicted molar refractivity (Wildman–Crippen MR) is 87.9 cm³/mol. The van der Waals surface area contributed by atoms with E-state index in [1.54, 1.807) is 0 Å². The van der Waals surface area contributed by atoms with Gasteiger partial charge in [0.1, 0.15) is 0 Å². The Kier molecular flexibility index (Phi) is 10.8. The molecule has 5 heteroatoms. The van der Waals surface area contributed by atoms with Crippen LogP contribution in [0.5, 0.6) is 0 Å². The summed E-state index contributed by atoms with van der Waals surface area (Å²) in [6, 6.07) is 0. The molecule has 0 atom stereocenters. The summed E-state index contributed by atoms with van der Waals surface area (Å²) in [5.41, 5.74) is 0. The van der Waals surface area contributed by atoms with E-state index in [-0.39, 0.29) is 24.0 Å². The van der Waals surface area contributed by atoms with Crippen LogP contribution in [0.2, 0.25) is 0 Å². The summed E-state index contributed by atoms with van der Waals surface area (Å²) in [6.07, 6.45) is 3.78. The first-order chi connectivity index (χ1) is 8.31. The van der Waals surface area contributed by atoms with Crippen LogP contribution < -0.4 is 5.32 Å². The van der Waals surface area contributed by atoms with E-state index < -0.39 is 0 Å². The smallest absolute Gasteiger partial charge is 0.193 e. The highest BCUT2D eigenvalue weighted by Crippen LogP contribution is 2.13. The molecule has 0 amide bonds. The fraction of sp³-hybridized carbons (Fsp3) is 0.923. The zero-order valence-corrected chi connectivity index (χ0v) is 14.3. The highest BCUT2D eigenvalue weighted by atomic mass is 127. The zero-order chi connectivity index (χ0) is 12.5. The van der Waals surface area contributed by atoms with Crippen LogP contribution in [-0.2, 0) is 4.74 Å². The molecule has 1 saturated heterocycles. The molecule has 0 spiro atoms. The van der Waals surface area contributed by atoms with Crippen molar-refractivity contribution in [2.75, 3.05) is 32.8 Å². The van der Waals surface area contributed by atoms with E-state index in [1.807, 2.05) is 0 Å². The molecule has 0 aromatic carbocycles. The van der Waals surface area contributed by atoms with Crippen molar-refractivity contribution >= 4 is 29.9 Å². The summed E-state index contributed by atoms with van der Waals surface area (Å²) in [5, 5.41) is 3.37. The lowest BCUT2D eigenvalue weighted by atomic mass is 10.1. The van der Waals surface area contributed by atoms with Crippen LogP contribution in [-0.4, -0.2) is 49.7 Å². The quantitative estimate of drug-likeness (QED) is 0.460. The molecule has 1 N–H and O–H groups in total. The molecule has 18 heavy (non-hydrogen) atoms. The molecule has 0 bridgehead atoms. The third-order valence-electron chi connectivity index (χ3n) is 2.96. The maximum Gasteiger partial charge on any atom is 0.193 e. The Hall–Kier alpha value is -0.0400. The van der Waals surface area contributed by atoms with Gasteiger partial charge in [-0.05, 0) is 33.1 Å². The number of halogens is 1. The summed E-state index contributed by atoms with van der Waals surface area (Å²) in [7, 11) is 0. The van der Waals surface area contributed by atoms with Crippen LogP contribution in [0.25, 0.3) is 0 Å². The molecule has 108 valence electrons. The maximum absolute atomic E-state index is 5.67. The summed E-state index contributed by atoms with van der Waals surface area (Å²) < 4.78 is 5.67. The number of aliphatic imine (C=N–C) groups is 1. The van der Waals surface area contributed by atoms with Crippen LogP contribution >= 0.6 is 24.0 Å². The van der Waals surface area contributed by atoms with Crippen molar-refractivity contribution in [3.05, 3.63) is 0 Å². The van der Waals surface area contributed by atoms with Crippen LogP contribution in [0.3, 0.4) is 0 Å². The number of piperidine rings is 1. The van der Waals surface area contributed by atoms with Crippen LogP contribution in [0, 0.1) is 0 Å². The fourth-order valence-electron chi connectivity index (χ4n) is 2.11. The molecule has 0 aliphatic carbocycles. The average Bonchev–Trinajstić information content (AvgIpc) is 2.36. The molecule has 1 heterocycles. The van der Waals surface area contributed by atoms with E-state index >= 15 is 0 Å². The molecule has 1 rings (SSSR count). The SMILES string of the molecule is CCCN=C(NCC)N1CCC(OCC)CC1.I. The standard InChI is InChI=1S/C13H27N3O.HI/c1-4-9-15-13(14-5-2)16-10-7-12(8-11-16)17-6-3;/h12H,4-11H2,1-3H3,(H,14,15);1H. The Bertz CT molecular complexity index is 228. The Labute approximate surface area is 129 Å². The first-order valence-electron chi connectivity index (χ1n) is 6.96. The van der Waals surface area contributed by atoms with Gasteiger partial charge in [-0.25, -0.2) is 0 Å². The second kappa shape index (κ2) is 10.8. The third-order valence-corrected chi connectivity index (χ3v) is 2.96. The molecular weight excluding hydrogens is 341 g/mol.